The zero-order chi connectivity index (χ0) is 21.5. The Bertz CT molecular complexity index is 1210. The number of methoxy groups -OCH3 is 1. The standard InChI is InChI=1S/C22H24N2O4S2/c1-15-7-6-9-18(16(15)2)23-11-13-24(14-12-23)30(26,27)21-17-8-4-5-10-19(17)29-20(21)22(25)28-3/h4-10H,11-14H2,1-3H3. The Balaban J connectivity index is 1.66. The van der Waals surface area contributed by atoms with Gasteiger partial charge in [0.15, 0.2) is 0 Å². The van der Waals surface area contributed by atoms with Crippen LogP contribution in [0.25, 0.3) is 10.1 Å². The number of carbonyl (C=O) groups excluding carboxylic acids is 1. The summed E-state index contributed by atoms with van der Waals surface area (Å²) >= 11 is 1.16. The van der Waals surface area contributed by atoms with Gasteiger partial charge in [0, 0.05) is 42.0 Å². The number of sulfonamides is 1. The fourth-order valence-corrected chi connectivity index (χ4v) is 7.08. The highest BCUT2D eigenvalue weighted by Gasteiger charge is 2.35. The van der Waals surface area contributed by atoms with Crippen LogP contribution in [0.1, 0.15) is 20.8 Å². The zero-order valence-corrected chi connectivity index (χ0v) is 18.8. The van der Waals surface area contributed by atoms with Crippen LogP contribution in [-0.2, 0) is 14.8 Å². The van der Waals surface area contributed by atoms with Crippen LogP contribution in [0.3, 0.4) is 0 Å². The molecule has 2 heterocycles. The van der Waals surface area contributed by atoms with Gasteiger partial charge in [-0.05, 0) is 37.1 Å². The first-order valence-corrected chi connectivity index (χ1v) is 12.0. The highest BCUT2D eigenvalue weighted by Crippen LogP contribution is 2.37. The van der Waals surface area contributed by atoms with Crippen molar-refractivity contribution in [1.29, 1.82) is 0 Å². The van der Waals surface area contributed by atoms with Gasteiger partial charge in [-0.25, -0.2) is 13.2 Å². The Hall–Kier alpha value is -2.42. The minimum Gasteiger partial charge on any atom is -0.465 e. The molecule has 158 valence electrons. The van der Waals surface area contributed by atoms with E-state index in [2.05, 4.69) is 30.9 Å². The molecule has 0 saturated carbocycles. The molecule has 0 spiro atoms. The van der Waals surface area contributed by atoms with Gasteiger partial charge in [-0.15, -0.1) is 11.3 Å². The molecule has 0 aliphatic carbocycles. The molecule has 8 heteroatoms. The molecule has 1 aliphatic heterocycles. The third-order valence-electron chi connectivity index (χ3n) is 5.67. The van der Waals surface area contributed by atoms with Crippen molar-refractivity contribution >= 4 is 43.1 Å². The number of hydrogen-bond donors (Lipinski definition) is 0. The second kappa shape index (κ2) is 8.02. The number of nitrogens with zero attached hydrogens (tertiary/aromatic N) is 2. The molecule has 1 aromatic heterocycles. The number of ether oxygens (including phenoxy) is 1. The first-order chi connectivity index (χ1) is 14.3. The summed E-state index contributed by atoms with van der Waals surface area (Å²) < 4.78 is 34.3. The van der Waals surface area contributed by atoms with E-state index in [1.807, 2.05) is 18.2 Å². The van der Waals surface area contributed by atoms with E-state index in [1.165, 1.54) is 22.5 Å². The summed E-state index contributed by atoms with van der Waals surface area (Å²) in [6.45, 7) is 6.09. The summed E-state index contributed by atoms with van der Waals surface area (Å²) in [5, 5.41) is 0.569. The van der Waals surface area contributed by atoms with Gasteiger partial charge in [0.2, 0.25) is 10.0 Å². The van der Waals surface area contributed by atoms with E-state index in [9.17, 15) is 13.2 Å². The molecule has 0 unspecified atom stereocenters. The number of anilines is 1. The third kappa shape index (κ3) is 3.49. The van der Waals surface area contributed by atoms with E-state index in [0.717, 1.165) is 21.7 Å². The van der Waals surface area contributed by atoms with Crippen LogP contribution in [0.2, 0.25) is 0 Å². The summed E-state index contributed by atoms with van der Waals surface area (Å²) in [6, 6.07) is 13.4. The molecule has 0 bridgehead atoms. The molecule has 0 amide bonds. The van der Waals surface area contributed by atoms with Gasteiger partial charge < -0.3 is 9.64 Å². The Kier molecular flexibility index (Phi) is 5.57. The van der Waals surface area contributed by atoms with Crippen molar-refractivity contribution in [2.45, 2.75) is 18.7 Å². The predicted octanol–water partition coefficient (Wildman–Crippen LogP) is 3.82. The Labute approximate surface area is 180 Å². The topological polar surface area (TPSA) is 66.9 Å². The van der Waals surface area contributed by atoms with Crippen molar-refractivity contribution in [2.24, 2.45) is 0 Å². The fourth-order valence-electron chi connectivity index (χ4n) is 3.88. The largest absolute Gasteiger partial charge is 0.465 e. The molecule has 1 fully saturated rings. The molecular weight excluding hydrogens is 420 g/mol. The van der Waals surface area contributed by atoms with E-state index in [1.54, 1.807) is 12.1 Å². The molecule has 4 rings (SSSR count). The number of fused-ring (bicyclic) bond motifs is 1. The van der Waals surface area contributed by atoms with E-state index in [4.69, 9.17) is 4.74 Å². The van der Waals surface area contributed by atoms with Gasteiger partial charge >= 0.3 is 5.97 Å². The quantitative estimate of drug-likeness (QED) is 0.573. The summed E-state index contributed by atoms with van der Waals surface area (Å²) in [7, 11) is -2.57. The second-order valence-corrected chi connectivity index (χ2v) is 10.3. The summed E-state index contributed by atoms with van der Waals surface area (Å²) in [6.07, 6.45) is 0. The van der Waals surface area contributed by atoms with Crippen molar-refractivity contribution in [2.75, 3.05) is 38.2 Å². The first-order valence-electron chi connectivity index (χ1n) is 9.75. The molecule has 0 radical (unpaired) electrons. The Morgan fingerprint density at radius 1 is 1.00 bits per heavy atom. The number of aryl methyl sites for hydroxylation is 1. The maximum atomic E-state index is 13.6. The van der Waals surface area contributed by atoms with E-state index >= 15 is 0 Å². The molecule has 1 aliphatic rings. The number of carbonyl (C=O) groups is 1. The summed E-state index contributed by atoms with van der Waals surface area (Å²) in [5.41, 5.74) is 3.57. The zero-order valence-electron chi connectivity index (χ0n) is 17.2. The van der Waals surface area contributed by atoms with Crippen molar-refractivity contribution in [3.63, 3.8) is 0 Å². The van der Waals surface area contributed by atoms with Gasteiger partial charge in [0.1, 0.15) is 9.77 Å². The highest BCUT2D eigenvalue weighted by atomic mass is 32.2. The number of thiophene rings is 1. The van der Waals surface area contributed by atoms with Crippen molar-refractivity contribution in [3.8, 4) is 0 Å². The van der Waals surface area contributed by atoms with Crippen molar-refractivity contribution < 1.29 is 17.9 Å². The lowest BCUT2D eigenvalue weighted by Gasteiger charge is -2.36. The first kappa shape index (κ1) is 20.8. The molecule has 1 saturated heterocycles. The SMILES string of the molecule is COC(=O)c1sc2ccccc2c1S(=O)(=O)N1CCN(c2cccc(C)c2C)CC1. The maximum Gasteiger partial charge on any atom is 0.349 e. The summed E-state index contributed by atoms with van der Waals surface area (Å²) in [4.78, 5) is 14.8. The Morgan fingerprint density at radius 2 is 1.70 bits per heavy atom. The van der Waals surface area contributed by atoms with E-state index in [0.29, 0.717) is 31.6 Å². The molecule has 6 nitrogen and oxygen atoms in total. The van der Waals surface area contributed by atoms with Crippen LogP contribution in [-0.4, -0.2) is 52.0 Å². The average Bonchev–Trinajstić information content (AvgIpc) is 3.16. The minimum absolute atomic E-state index is 0.0649. The molecular formula is C22H24N2O4S2. The number of rotatable bonds is 4. The molecule has 2 aromatic carbocycles. The lowest BCUT2D eigenvalue weighted by atomic mass is 10.1. The lowest BCUT2D eigenvalue weighted by molar-refractivity contribution is 0.0602. The van der Waals surface area contributed by atoms with Crippen LogP contribution < -0.4 is 4.90 Å². The normalized spacial score (nSPS) is 15.5. The molecule has 0 N–H and O–H groups in total. The van der Waals surface area contributed by atoms with Gasteiger partial charge in [-0.3, -0.25) is 0 Å². The number of esters is 1. The van der Waals surface area contributed by atoms with E-state index in [-0.39, 0.29) is 9.77 Å². The highest BCUT2D eigenvalue weighted by molar-refractivity contribution is 7.89. The van der Waals surface area contributed by atoms with Gasteiger partial charge in [0.25, 0.3) is 0 Å². The summed E-state index contributed by atoms with van der Waals surface area (Å²) in [5.74, 6) is -0.621. The van der Waals surface area contributed by atoms with Crippen LogP contribution in [0.4, 0.5) is 5.69 Å². The molecule has 0 atom stereocenters. The third-order valence-corrected chi connectivity index (χ3v) is 8.94. The smallest absolute Gasteiger partial charge is 0.349 e. The second-order valence-electron chi connectivity index (χ2n) is 7.36. The number of benzene rings is 2. The van der Waals surface area contributed by atoms with E-state index < -0.39 is 16.0 Å². The van der Waals surface area contributed by atoms with Crippen LogP contribution in [0, 0.1) is 13.8 Å². The monoisotopic (exact) mass is 444 g/mol. The minimum atomic E-state index is -3.84. The Morgan fingerprint density at radius 3 is 2.40 bits per heavy atom. The molecule has 30 heavy (non-hydrogen) atoms. The van der Waals surface area contributed by atoms with Crippen LogP contribution in [0.15, 0.2) is 47.4 Å². The number of hydrogen-bond acceptors (Lipinski definition) is 6. The average molecular weight is 445 g/mol. The van der Waals surface area contributed by atoms with Gasteiger partial charge in [-0.1, -0.05) is 30.3 Å². The van der Waals surface area contributed by atoms with Gasteiger partial charge in [-0.2, -0.15) is 4.31 Å². The number of piperazine rings is 1. The van der Waals surface area contributed by atoms with Crippen LogP contribution in [0.5, 0.6) is 0 Å². The van der Waals surface area contributed by atoms with Gasteiger partial charge in [0.05, 0.1) is 7.11 Å². The van der Waals surface area contributed by atoms with Crippen molar-refractivity contribution in [3.05, 3.63) is 58.5 Å². The lowest BCUT2D eigenvalue weighted by Crippen LogP contribution is -2.49. The van der Waals surface area contributed by atoms with Crippen LogP contribution >= 0.6 is 11.3 Å². The fraction of sp³-hybridized carbons (Fsp3) is 0.318. The predicted molar refractivity (Wildman–Crippen MR) is 120 cm³/mol. The molecule has 3 aromatic rings. The maximum absolute atomic E-state index is 13.6. The van der Waals surface area contributed by atoms with Crippen molar-refractivity contribution in [1.82, 2.24) is 4.31 Å².